The van der Waals surface area contributed by atoms with E-state index in [-0.39, 0.29) is 19.1 Å². The van der Waals surface area contributed by atoms with Gasteiger partial charge in [-0.05, 0) is 27.8 Å². The maximum absolute atomic E-state index is 15.5. The van der Waals surface area contributed by atoms with Gasteiger partial charge in [0.15, 0.2) is 0 Å². The lowest BCUT2D eigenvalue weighted by molar-refractivity contribution is -0.150. The van der Waals surface area contributed by atoms with Crippen molar-refractivity contribution in [3.8, 4) is 11.1 Å². The lowest BCUT2D eigenvalue weighted by Crippen LogP contribution is -2.41. The Hall–Kier alpha value is -3.67. The summed E-state index contributed by atoms with van der Waals surface area (Å²) in [5.41, 5.74) is 2.37. The van der Waals surface area contributed by atoms with Crippen LogP contribution < -0.4 is 0 Å². The second kappa shape index (κ2) is 7.79. The second-order valence-electron chi connectivity index (χ2n) is 8.32. The second-order valence-corrected chi connectivity index (χ2v) is 8.32. The molecule has 3 aromatic carbocycles. The summed E-state index contributed by atoms with van der Waals surface area (Å²) in [7, 11) is 0. The zero-order valence-electron chi connectivity index (χ0n) is 17.3. The van der Waals surface area contributed by atoms with Crippen LogP contribution in [0.4, 0.5) is 9.18 Å². The number of ether oxygens (including phenoxy) is 1. The summed E-state index contributed by atoms with van der Waals surface area (Å²) in [6, 6.07) is 24.6. The van der Waals surface area contributed by atoms with E-state index in [2.05, 4.69) is 0 Å². The molecule has 1 amide bonds. The number of carbonyl (C=O) groups is 2. The number of hydrogen-bond acceptors (Lipinski definition) is 3. The van der Waals surface area contributed by atoms with Crippen LogP contribution in [0, 0.1) is 0 Å². The van der Waals surface area contributed by atoms with Gasteiger partial charge >= 0.3 is 12.1 Å². The number of halogens is 1. The van der Waals surface area contributed by atoms with Crippen molar-refractivity contribution in [2.75, 3.05) is 19.7 Å². The van der Waals surface area contributed by atoms with Crippen LogP contribution in [0.25, 0.3) is 11.1 Å². The molecule has 2 aliphatic rings. The van der Waals surface area contributed by atoms with E-state index in [1.54, 1.807) is 30.3 Å². The van der Waals surface area contributed by atoms with Crippen LogP contribution in [0.2, 0.25) is 0 Å². The molecule has 0 spiro atoms. The molecule has 0 unspecified atom stereocenters. The highest BCUT2D eigenvalue weighted by Gasteiger charge is 2.55. The maximum Gasteiger partial charge on any atom is 0.409 e. The number of amides is 1. The molecule has 1 fully saturated rings. The average molecular weight is 431 g/mol. The Morgan fingerprint density at radius 1 is 0.938 bits per heavy atom. The van der Waals surface area contributed by atoms with E-state index in [9.17, 15) is 14.7 Å². The fourth-order valence-corrected chi connectivity index (χ4v) is 4.91. The van der Waals surface area contributed by atoms with Crippen molar-refractivity contribution in [1.29, 1.82) is 0 Å². The molecule has 0 aromatic heterocycles. The van der Waals surface area contributed by atoms with Gasteiger partial charge in [0.2, 0.25) is 5.67 Å². The Kier molecular flexibility index (Phi) is 4.93. The van der Waals surface area contributed by atoms with Gasteiger partial charge in [-0.3, -0.25) is 0 Å². The third kappa shape index (κ3) is 3.23. The predicted octanol–water partition coefficient (Wildman–Crippen LogP) is 4.83. The van der Waals surface area contributed by atoms with Crippen LogP contribution in [0.1, 0.15) is 28.5 Å². The lowest BCUT2D eigenvalue weighted by Gasteiger charge is -2.21. The highest BCUT2D eigenvalue weighted by atomic mass is 19.1. The van der Waals surface area contributed by atoms with Crippen molar-refractivity contribution in [3.05, 3.63) is 95.6 Å². The number of likely N-dealkylation sites (tertiary alicyclic amines) is 1. The van der Waals surface area contributed by atoms with Crippen LogP contribution in [0.15, 0.2) is 78.9 Å². The largest absolute Gasteiger partial charge is 0.479 e. The minimum atomic E-state index is -2.56. The van der Waals surface area contributed by atoms with Crippen molar-refractivity contribution in [1.82, 2.24) is 4.90 Å². The SMILES string of the molecule is O=C(OCC1c2ccccc2-c2ccccc21)N1C[C@@H](c2ccccc2)[C@@](F)(C(=O)O)C1. The van der Waals surface area contributed by atoms with Gasteiger partial charge in [0.1, 0.15) is 6.61 Å². The third-order valence-corrected chi connectivity index (χ3v) is 6.53. The molecule has 3 aromatic rings. The summed E-state index contributed by atoms with van der Waals surface area (Å²) in [4.78, 5) is 25.8. The lowest BCUT2D eigenvalue weighted by atomic mass is 9.86. The fraction of sp³-hybridized carbons (Fsp3) is 0.231. The maximum atomic E-state index is 15.5. The summed E-state index contributed by atoms with van der Waals surface area (Å²) < 4.78 is 21.1. The quantitative estimate of drug-likeness (QED) is 0.643. The normalized spacial score (nSPS) is 21.8. The molecule has 1 N–H and O–H groups in total. The molecule has 1 aliphatic heterocycles. The number of hydrogen-bond donors (Lipinski definition) is 1. The van der Waals surface area contributed by atoms with Crippen molar-refractivity contribution in [3.63, 3.8) is 0 Å². The van der Waals surface area contributed by atoms with E-state index < -0.39 is 30.2 Å². The molecule has 0 saturated carbocycles. The molecule has 1 heterocycles. The van der Waals surface area contributed by atoms with Gasteiger partial charge in [-0.15, -0.1) is 0 Å². The molecular weight excluding hydrogens is 409 g/mol. The van der Waals surface area contributed by atoms with Crippen LogP contribution in [-0.2, 0) is 9.53 Å². The molecule has 0 bridgehead atoms. The van der Waals surface area contributed by atoms with E-state index in [4.69, 9.17) is 4.74 Å². The first kappa shape index (κ1) is 20.2. The molecule has 1 aliphatic carbocycles. The number of carbonyl (C=O) groups excluding carboxylic acids is 1. The van der Waals surface area contributed by atoms with Crippen LogP contribution >= 0.6 is 0 Å². The Morgan fingerprint density at radius 3 is 2.09 bits per heavy atom. The molecular formula is C26H22FNO4. The summed E-state index contributed by atoms with van der Waals surface area (Å²) in [5.74, 6) is -2.64. The number of alkyl halides is 1. The number of fused-ring (bicyclic) bond motifs is 3. The Labute approximate surface area is 185 Å². The Balaban J connectivity index is 1.35. The van der Waals surface area contributed by atoms with Crippen LogP contribution in [0.5, 0.6) is 0 Å². The molecule has 0 radical (unpaired) electrons. The highest BCUT2D eigenvalue weighted by molar-refractivity contribution is 5.82. The minimum Gasteiger partial charge on any atom is -0.479 e. The molecule has 6 heteroatoms. The summed E-state index contributed by atoms with van der Waals surface area (Å²) >= 11 is 0. The molecule has 32 heavy (non-hydrogen) atoms. The number of nitrogens with zero attached hydrogens (tertiary/aromatic N) is 1. The Morgan fingerprint density at radius 2 is 1.50 bits per heavy atom. The number of carboxylic acid groups (broad SMARTS) is 1. The summed E-state index contributed by atoms with van der Waals surface area (Å²) in [6.45, 7) is -0.492. The zero-order valence-corrected chi connectivity index (χ0v) is 17.3. The molecule has 5 rings (SSSR count). The first-order valence-corrected chi connectivity index (χ1v) is 10.6. The van der Waals surface area contributed by atoms with Gasteiger partial charge in [0, 0.05) is 18.4 Å². The molecule has 1 saturated heterocycles. The third-order valence-electron chi connectivity index (χ3n) is 6.53. The first-order chi connectivity index (χ1) is 15.5. The number of carboxylic acids is 1. The van der Waals surface area contributed by atoms with Crippen LogP contribution in [0.3, 0.4) is 0 Å². The van der Waals surface area contributed by atoms with E-state index in [0.717, 1.165) is 22.3 Å². The topological polar surface area (TPSA) is 66.8 Å². The number of aliphatic carboxylic acids is 1. The van der Waals surface area contributed by atoms with Crippen molar-refractivity contribution in [2.45, 2.75) is 17.5 Å². The molecule has 2 atom stereocenters. The first-order valence-electron chi connectivity index (χ1n) is 10.6. The fourth-order valence-electron chi connectivity index (χ4n) is 4.91. The van der Waals surface area contributed by atoms with E-state index >= 15 is 4.39 Å². The Bertz CT molecular complexity index is 1140. The summed E-state index contributed by atoms with van der Waals surface area (Å²) in [6.07, 6.45) is -0.700. The standard InChI is InChI=1S/C26H22FNO4/c27-26(24(29)30)16-28(14-23(26)17-8-2-1-3-9-17)25(31)32-15-22-20-12-6-4-10-18(20)19-11-5-7-13-21(19)22/h1-13,22-23H,14-16H2,(H,29,30)/t23-,26+/m0/s1. The average Bonchev–Trinajstić information content (AvgIpc) is 3.34. The van der Waals surface area contributed by atoms with Gasteiger partial charge in [0.25, 0.3) is 0 Å². The number of benzene rings is 3. The van der Waals surface area contributed by atoms with Crippen molar-refractivity contribution >= 4 is 12.1 Å². The van der Waals surface area contributed by atoms with E-state index in [1.807, 2.05) is 48.5 Å². The monoisotopic (exact) mass is 431 g/mol. The molecule has 162 valence electrons. The van der Waals surface area contributed by atoms with Gasteiger partial charge in [-0.25, -0.2) is 14.0 Å². The smallest absolute Gasteiger partial charge is 0.409 e. The number of rotatable bonds is 4. The van der Waals surface area contributed by atoms with Crippen LogP contribution in [-0.4, -0.2) is 47.4 Å². The van der Waals surface area contributed by atoms with Gasteiger partial charge in [-0.1, -0.05) is 78.9 Å². The van der Waals surface area contributed by atoms with Gasteiger partial charge in [0.05, 0.1) is 6.54 Å². The predicted molar refractivity (Wildman–Crippen MR) is 117 cm³/mol. The van der Waals surface area contributed by atoms with Gasteiger partial charge in [-0.2, -0.15) is 0 Å². The molecule has 5 nitrogen and oxygen atoms in total. The zero-order chi connectivity index (χ0) is 22.3. The minimum absolute atomic E-state index is 0.0521. The van der Waals surface area contributed by atoms with E-state index in [1.165, 1.54) is 4.90 Å². The van der Waals surface area contributed by atoms with E-state index in [0.29, 0.717) is 5.56 Å². The van der Waals surface area contributed by atoms with Crippen molar-refractivity contribution in [2.24, 2.45) is 0 Å². The summed E-state index contributed by atoms with van der Waals surface area (Å²) in [5, 5.41) is 9.57. The highest BCUT2D eigenvalue weighted by Crippen LogP contribution is 2.45. The van der Waals surface area contributed by atoms with Crippen molar-refractivity contribution < 1.29 is 23.8 Å². The van der Waals surface area contributed by atoms with Gasteiger partial charge < -0.3 is 14.7 Å².